The molecular formula is C7H3F7N2. The number of aromatic nitrogens is 2. The van der Waals surface area contributed by atoms with Crippen molar-refractivity contribution in [3.8, 4) is 0 Å². The van der Waals surface area contributed by atoms with Gasteiger partial charge in [0.25, 0.3) is 0 Å². The van der Waals surface area contributed by atoms with E-state index in [0.29, 0.717) is 18.6 Å². The van der Waals surface area contributed by atoms with Gasteiger partial charge in [0.15, 0.2) is 0 Å². The number of alkyl halides is 7. The molecule has 1 aromatic rings. The smallest absolute Gasteiger partial charge is 0.245 e. The molecule has 0 saturated carbocycles. The average molecular weight is 248 g/mol. The predicted octanol–water partition coefficient (Wildman–Crippen LogP) is 2.77. The van der Waals surface area contributed by atoms with Crippen molar-refractivity contribution in [2.45, 2.75) is 18.0 Å². The highest BCUT2D eigenvalue weighted by molar-refractivity contribution is 5.12. The van der Waals surface area contributed by atoms with Crippen LogP contribution in [-0.4, -0.2) is 22.1 Å². The van der Waals surface area contributed by atoms with Gasteiger partial charge in [0.2, 0.25) is 0 Å². The second-order valence-electron chi connectivity index (χ2n) is 2.74. The van der Waals surface area contributed by atoms with Gasteiger partial charge in [0.05, 0.1) is 0 Å². The second-order valence-corrected chi connectivity index (χ2v) is 2.74. The lowest BCUT2D eigenvalue weighted by Gasteiger charge is -2.27. The Hall–Kier alpha value is -1.41. The number of nitrogens with zero attached hydrogens (tertiary/aromatic N) is 2. The maximum atomic E-state index is 12.9. The van der Waals surface area contributed by atoms with Gasteiger partial charge in [-0.1, -0.05) is 0 Å². The first-order valence-corrected chi connectivity index (χ1v) is 3.69. The zero-order chi connectivity index (χ0) is 12.6. The summed E-state index contributed by atoms with van der Waals surface area (Å²) in [5.74, 6) is -11.6. The summed E-state index contributed by atoms with van der Waals surface area (Å²) in [4.78, 5) is 5.82. The van der Waals surface area contributed by atoms with E-state index in [2.05, 4.69) is 9.97 Å². The Morgan fingerprint density at radius 3 is 1.88 bits per heavy atom. The van der Waals surface area contributed by atoms with Crippen LogP contribution in [0.5, 0.6) is 0 Å². The molecule has 0 saturated heterocycles. The Bertz CT molecular complexity index is 359. The molecule has 0 N–H and O–H groups in total. The van der Waals surface area contributed by atoms with Gasteiger partial charge in [-0.15, -0.1) is 0 Å². The first-order chi connectivity index (χ1) is 7.11. The number of rotatable bonds is 2. The van der Waals surface area contributed by atoms with Crippen molar-refractivity contribution in [2.75, 3.05) is 0 Å². The van der Waals surface area contributed by atoms with Gasteiger partial charge in [-0.05, 0) is 6.07 Å². The Labute approximate surface area is 84.1 Å². The molecule has 0 aromatic carbocycles. The molecule has 0 fully saturated rings. The molecule has 16 heavy (non-hydrogen) atoms. The maximum absolute atomic E-state index is 12.9. The fraction of sp³-hybridized carbons (Fsp3) is 0.429. The van der Waals surface area contributed by atoms with Crippen LogP contribution in [0, 0.1) is 0 Å². The van der Waals surface area contributed by atoms with E-state index in [0.717, 1.165) is 0 Å². The lowest BCUT2D eigenvalue weighted by Crippen LogP contribution is -2.50. The monoisotopic (exact) mass is 248 g/mol. The van der Waals surface area contributed by atoms with Crippen LogP contribution in [0.3, 0.4) is 0 Å². The van der Waals surface area contributed by atoms with Gasteiger partial charge < -0.3 is 0 Å². The Kier molecular flexibility index (Phi) is 2.82. The van der Waals surface area contributed by atoms with Crippen molar-refractivity contribution in [1.82, 2.24) is 9.97 Å². The van der Waals surface area contributed by atoms with E-state index in [1.54, 1.807) is 0 Å². The molecular weight excluding hydrogens is 245 g/mol. The fourth-order valence-electron chi connectivity index (χ4n) is 0.815. The van der Waals surface area contributed by atoms with Crippen molar-refractivity contribution in [1.29, 1.82) is 0 Å². The zero-order valence-electron chi connectivity index (χ0n) is 7.27. The average Bonchev–Trinajstić information content (AvgIpc) is 2.17. The summed E-state index contributed by atoms with van der Waals surface area (Å²) < 4.78 is 85.9. The lowest BCUT2D eigenvalue weighted by molar-refractivity contribution is -0.360. The van der Waals surface area contributed by atoms with Crippen LogP contribution in [0.1, 0.15) is 5.69 Å². The maximum Gasteiger partial charge on any atom is 0.460 e. The molecule has 0 aliphatic heterocycles. The first kappa shape index (κ1) is 12.7. The predicted molar refractivity (Wildman–Crippen MR) is 36.9 cm³/mol. The summed E-state index contributed by atoms with van der Waals surface area (Å²) in [6, 6.07) is 0.291. The summed E-state index contributed by atoms with van der Waals surface area (Å²) in [7, 11) is 0. The van der Waals surface area contributed by atoms with Gasteiger partial charge in [0.1, 0.15) is 12.0 Å². The van der Waals surface area contributed by atoms with Crippen LogP contribution in [0.25, 0.3) is 0 Å². The number of hydrogen-bond acceptors (Lipinski definition) is 2. The molecule has 0 aliphatic rings. The summed E-state index contributed by atoms with van der Waals surface area (Å²) in [6.07, 6.45) is -5.26. The minimum Gasteiger partial charge on any atom is -0.245 e. The molecule has 1 rings (SSSR count). The third kappa shape index (κ3) is 1.81. The molecule has 0 unspecified atom stereocenters. The largest absolute Gasteiger partial charge is 0.460 e. The summed E-state index contributed by atoms with van der Waals surface area (Å²) in [5.41, 5.74) is -1.69. The molecule has 9 heteroatoms. The normalized spacial score (nSPS) is 13.9. The third-order valence-corrected chi connectivity index (χ3v) is 1.65. The van der Waals surface area contributed by atoms with Gasteiger partial charge >= 0.3 is 18.0 Å². The summed E-state index contributed by atoms with van der Waals surface area (Å²) >= 11 is 0. The van der Waals surface area contributed by atoms with Crippen LogP contribution in [0.2, 0.25) is 0 Å². The van der Waals surface area contributed by atoms with Crippen molar-refractivity contribution in [3.63, 3.8) is 0 Å². The molecule has 0 aliphatic carbocycles. The van der Waals surface area contributed by atoms with Crippen LogP contribution >= 0.6 is 0 Å². The van der Waals surface area contributed by atoms with E-state index < -0.39 is 23.7 Å². The molecule has 90 valence electrons. The van der Waals surface area contributed by atoms with E-state index >= 15 is 0 Å². The highest BCUT2D eigenvalue weighted by Gasteiger charge is 2.74. The highest BCUT2D eigenvalue weighted by Crippen LogP contribution is 2.50. The van der Waals surface area contributed by atoms with Crippen molar-refractivity contribution in [3.05, 3.63) is 24.3 Å². The topological polar surface area (TPSA) is 25.8 Å². The molecule has 2 nitrogen and oxygen atoms in total. The van der Waals surface area contributed by atoms with Gasteiger partial charge in [-0.2, -0.15) is 30.7 Å². The lowest BCUT2D eigenvalue weighted by atomic mass is 10.1. The molecule has 0 bridgehead atoms. The molecule has 0 amide bonds. The van der Waals surface area contributed by atoms with Gasteiger partial charge in [0, 0.05) is 6.20 Å². The molecule has 0 atom stereocenters. The fourth-order valence-corrected chi connectivity index (χ4v) is 0.815. The van der Waals surface area contributed by atoms with E-state index in [1.165, 1.54) is 0 Å². The number of hydrogen-bond donors (Lipinski definition) is 0. The van der Waals surface area contributed by atoms with Crippen LogP contribution < -0.4 is 0 Å². The minimum atomic E-state index is -6.36. The van der Waals surface area contributed by atoms with Crippen molar-refractivity contribution in [2.24, 2.45) is 0 Å². The SMILES string of the molecule is FC(F)(F)C(F)(F)C(F)(F)c1ccncn1. The van der Waals surface area contributed by atoms with E-state index in [4.69, 9.17) is 0 Å². The van der Waals surface area contributed by atoms with E-state index in [-0.39, 0.29) is 0 Å². The van der Waals surface area contributed by atoms with Gasteiger partial charge in [-0.25, -0.2) is 9.97 Å². The quantitative estimate of drug-likeness (QED) is 0.752. The minimum absolute atomic E-state index is 0.291. The molecule has 1 aromatic heterocycles. The molecule has 0 spiro atoms. The Morgan fingerprint density at radius 2 is 1.50 bits per heavy atom. The number of halogens is 7. The second kappa shape index (κ2) is 3.56. The highest BCUT2D eigenvalue weighted by atomic mass is 19.4. The van der Waals surface area contributed by atoms with E-state index in [9.17, 15) is 30.7 Å². The van der Waals surface area contributed by atoms with Crippen LogP contribution in [0.15, 0.2) is 18.6 Å². The Balaban J connectivity index is 3.22. The standard InChI is InChI=1S/C7H3F7N2/c8-5(9,4-1-2-15-3-16-4)6(10,11)7(12,13)14/h1-3H. The van der Waals surface area contributed by atoms with Crippen molar-refractivity contribution < 1.29 is 30.7 Å². The van der Waals surface area contributed by atoms with Crippen LogP contribution in [-0.2, 0) is 5.92 Å². The first-order valence-electron chi connectivity index (χ1n) is 3.69. The van der Waals surface area contributed by atoms with Gasteiger partial charge in [-0.3, -0.25) is 0 Å². The summed E-state index contributed by atoms with van der Waals surface area (Å²) in [5, 5.41) is 0. The van der Waals surface area contributed by atoms with Crippen LogP contribution in [0.4, 0.5) is 30.7 Å². The van der Waals surface area contributed by atoms with E-state index in [1.807, 2.05) is 0 Å². The molecule has 1 heterocycles. The molecule has 0 radical (unpaired) electrons. The third-order valence-electron chi connectivity index (χ3n) is 1.65. The zero-order valence-corrected chi connectivity index (χ0v) is 7.27. The van der Waals surface area contributed by atoms with Crippen molar-refractivity contribution >= 4 is 0 Å². The summed E-state index contributed by atoms with van der Waals surface area (Å²) in [6.45, 7) is 0. The Morgan fingerprint density at radius 1 is 0.938 bits per heavy atom.